The molecule has 6 heteroatoms. The lowest BCUT2D eigenvalue weighted by molar-refractivity contribution is -0.273. The normalized spacial score (nSPS) is 23.8. The van der Waals surface area contributed by atoms with Crippen LogP contribution in [-0.4, -0.2) is 36.1 Å². The van der Waals surface area contributed by atoms with E-state index in [2.05, 4.69) is 5.32 Å². The molecule has 2 aromatic rings. The average molecular weight is 357 g/mol. The van der Waals surface area contributed by atoms with Crippen molar-refractivity contribution in [2.24, 2.45) is 0 Å². The van der Waals surface area contributed by atoms with Gasteiger partial charge in [-0.1, -0.05) is 60.7 Å². The zero-order valence-electron chi connectivity index (χ0n) is 14.6. The summed E-state index contributed by atoms with van der Waals surface area (Å²) < 4.78 is 16.7. The quantitative estimate of drug-likeness (QED) is 0.860. The Balaban J connectivity index is 1.53. The van der Waals surface area contributed by atoms with E-state index in [1.807, 2.05) is 60.7 Å². The van der Waals surface area contributed by atoms with Crippen LogP contribution in [-0.2, 0) is 20.8 Å². The summed E-state index contributed by atoms with van der Waals surface area (Å²) in [5, 5.41) is 12.9. The Kier molecular flexibility index (Phi) is 6.22. The van der Waals surface area contributed by atoms with Gasteiger partial charge >= 0.3 is 6.09 Å². The highest BCUT2D eigenvalue weighted by atomic mass is 16.7. The first-order valence-corrected chi connectivity index (χ1v) is 8.62. The summed E-state index contributed by atoms with van der Waals surface area (Å²) in [6.45, 7) is 2.18. The van der Waals surface area contributed by atoms with Crippen LogP contribution in [0.25, 0.3) is 0 Å². The van der Waals surface area contributed by atoms with Crippen LogP contribution < -0.4 is 5.32 Å². The number of amides is 1. The molecule has 1 heterocycles. The maximum Gasteiger partial charge on any atom is 0.407 e. The predicted octanol–water partition coefficient (Wildman–Crippen LogP) is 2.78. The van der Waals surface area contributed by atoms with Gasteiger partial charge in [0, 0.05) is 12.1 Å². The number of aliphatic hydroxyl groups is 1. The van der Waals surface area contributed by atoms with Crippen molar-refractivity contribution in [3.8, 4) is 0 Å². The molecule has 2 N–H and O–H groups in total. The van der Waals surface area contributed by atoms with E-state index in [4.69, 9.17) is 14.2 Å². The molecule has 1 saturated heterocycles. The molecule has 0 saturated carbocycles. The van der Waals surface area contributed by atoms with Crippen molar-refractivity contribution in [2.45, 2.75) is 38.1 Å². The van der Waals surface area contributed by atoms with Crippen molar-refractivity contribution < 1.29 is 24.1 Å². The second-order valence-electron chi connectivity index (χ2n) is 6.19. The third kappa shape index (κ3) is 4.82. The maximum atomic E-state index is 12.0. The SMILES string of the molecule is C[C@@H](OC(=O)NCc1ccccc1)[C@@H]1OC(c2ccccc2)OCC1O. The number of alkyl carbamates (subject to hydrolysis) is 1. The summed E-state index contributed by atoms with van der Waals surface area (Å²) >= 11 is 0. The summed E-state index contributed by atoms with van der Waals surface area (Å²) in [6, 6.07) is 19.0. The lowest BCUT2D eigenvalue weighted by Crippen LogP contribution is -2.48. The largest absolute Gasteiger partial charge is 0.444 e. The van der Waals surface area contributed by atoms with Crippen molar-refractivity contribution in [2.75, 3.05) is 6.61 Å². The Hall–Kier alpha value is -2.41. The van der Waals surface area contributed by atoms with Crippen molar-refractivity contribution in [3.63, 3.8) is 0 Å². The van der Waals surface area contributed by atoms with Gasteiger partial charge in [-0.25, -0.2) is 4.79 Å². The number of carbonyl (C=O) groups excluding carboxylic acids is 1. The van der Waals surface area contributed by atoms with Crippen LogP contribution in [0, 0.1) is 0 Å². The smallest absolute Gasteiger partial charge is 0.407 e. The fourth-order valence-corrected chi connectivity index (χ4v) is 2.81. The summed E-state index contributed by atoms with van der Waals surface area (Å²) in [6.07, 6.45) is -3.32. The molecule has 0 bridgehead atoms. The summed E-state index contributed by atoms with van der Waals surface area (Å²) in [4.78, 5) is 12.0. The van der Waals surface area contributed by atoms with Crippen LogP contribution in [0.5, 0.6) is 0 Å². The second-order valence-corrected chi connectivity index (χ2v) is 6.19. The molecule has 1 aliphatic rings. The highest BCUT2D eigenvalue weighted by Crippen LogP contribution is 2.28. The highest BCUT2D eigenvalue weighted by molar-refractivity contribution is 5.67. The molecule has 6 nitrogen and oxygen atoms in total. The molecular weight excluding hydrogens is 334 g/mol. The van der Waals surface area contributed by atoms with Crippen molar-refractivity contribution >= 4 is 6.09 Å². The van der Waals surface area contributed by atoms with Crippen LogP contribution in [0.15, 0.2) is 60.7 Å². The minimum Gasteiger partial charge on any atom is -0.444 e. The van der Waals surface area contributed by atoms with Gasteiger partial charge in [-0.05, 0) is 12.5 Å². The Morgan fingerprint density at radius 1 is 1.19 bits per heavy atom. The monoisotopic (exact) mass is 357 g/mol. The van der Waals surface area contributed by atoms with E-state index in [9.17, 15) is 9.90 Å². The maximum absolute atomic E-state index is 12.0. The number of nitrogens with one attached hydrogen (secondary N) is 1. The van der Waals surface area contributed by atoms with Gasteiger partial charge in [0.1, 0.15) is 18.3 Å². The summed E-state index contributed by atoms with van der Waals surface area (Å²) in [5.41, 5.74) is 1.83. The Bertz CT molecular complexity index is 694. The van der Waals surface area contributed by atoms with Gasteiger partial charge < -0.3 is 24.6 Å². The molecule has 138 valence electrons. The van der Waals surface area contributed by atoms with Gasteiger partial charge in [0.05, 0.1) is 6.61 Å². The Morgan fingerprint density at radius 2 is 1.85 bits per heavy atom. The third-order valence-corrected chi connectivity index (χ3v) is 4.19. The molecule has 2 unspecified atom stereocenters. The van der Waals surface area contributed by atoms with E-state index >= 15 is 0 Å². The predicted molar refractivity (Wildman–Crippen MR) is 95.2 cm³/mol. The molecule has 0 aromatic heterocycles. The number of ether oxygens (including phenoxy) is 3. The van der Waals surface area contributed by atoms with Gasteiger partial charge in [-0.2, -0.15) is 0 Å². The molecule has 26 heavy (non-hydrogen) atoms. The Labute approximate surface area is 152 Å². The first-order valence-electron chi connectivity index (χ1n) is 8.62. The Morgan fingerprint density at radius 3 is 2.54 bits per heavy atom. The number of hydrogen-bond donors (Lipinski definition) is 2. The number of hydrogen-bond acceptors (Lipinski definition) is 5. The van der Waals surface area contributed by atoms with Crippen LogP contribution in [0.1, 0.15) is 24.3 Å². The fraction of sp³-hybridized carbons (Fsp3) is 0.350. The van der Waals surface area contributed by atoms with Gasteiger partial charge in [0.25, 0.3) is 0 Å². The van der Waals surface area contributed by atoms with Gasteiger partial charge in [-0.3, -0.25) is 0 Å². The number of rotatable bonds is 5. The fourth-order valence-electron chi connectivity index (χ4n) is 2.81. The third-order valence-electron chi connectivity index (χ3n) is 4.19. The van der Waals surface area contributed by atoms with E-state index in [1.54, 1.807) is 6.92 Å². The molecule has 1 fully saturated rings. The molecule has 0 aliphatic carbocycles. The zero-order valence-corrected chi connectivity index (χ0v) is 14.6. The molecular formula is C20H23NO5. The summed E-state index contributed by atoms with van der Waals surface area (Å²) in [5.74, 6) is 0. The minimum absolute atomic E-state index is 0.115. The van der Waals surface area contributed by atoms with E-state index in [1.165, 1.54) is 0 Å². The van der Waals surface area contributed by atoms with E-state index in [-0.39, 0.29) is 6.61 Å². The lowest BCUT2D eigenvalue weighted by Gasteiger charge is -2.36. The first kappa shape index (κ1) is 18.4. The molecule has 1 aliphatic heterocycles. The standard InChI is InChI=1S/C20H23NO5/c1-14(25-20(23)21-12-15-8-4-2-5-9-15)18-17(22)13-24-19(26-18)16-10-6-3-7-11-16/h2-11,14,17-19,22H,12-13H2,1H3,(H,21,23)/t14-,17?,18+,19?/m1/s1. The molecule has 3 rings (SSSR count). The second kappa shape index (κ2) is 8.80. The van der Waals surface area contributed by atoms with Gasteiger partial charge in [-0.15, -0.1) is 0 Å². The van der Waals surface area contributed by atoms with Gasteiger partial charge in [0.2, 0.25) is 0 Å². The zero-order chi connectivity index (χ0) is 18.4. The van der Waals surface area contributed by atoms with Gasteiger partial charge in [0.15, 0.2) is 6.29 Å². The van der Waals surface area contributed by atoms with Crippen molar-refractivity contribution in [1.82, 2.24) is 5.32 Å². The molecule has 0 spiro atoms. The van der Waals surface area contributed by atoms with Crippen LogP contribution in [0.4, 0.5) is 4.79 Å². The number of benzene rings is 2. The average Bonchev–Trinajstić information content (AvgIpc) is 2.68. The van der Waals surface area contributed by atoms with Crippen LogP contribution >= 0.6 is 0 Å². The highest BCUT2D eigenvalue weighted by Gasteiger charge is 2.36. The first-order chi connectivity index (χ1) is 12.6. The van der Waals surface area contributed by atoms with E-state index in [0.29, 0.717) is 6.54 Å². The van der Waals surface area contributed by atoms with Crippen LogP contribution in [0.3, 0.4) is 0 Å². The lowest BCUT2D eigenvalue weighted by atomic mass is 10.1. The number of aliphatic hydroxyl groups excluding tert-OH is 1. The molecule has 2 aromatic carbocycles. The van der Waals surface area contributed by atoms with E-state index < -0.39 is 30.7 Å². The minimum atomic E-state index is -0.869. The van der Waals surface area contributed by atoms with E-state index in [0.717, 1.165) is 11.1 Å². The van der Waals surface area contributed by atoms with Crippen molar-refractivity contribution in [1.29, 1.82) is 0 Å². The summed E-state index contributed by atoms with van der Waals surface area (Å²) in [7, 11) is 0. The van der Waals surface area contributed by atoms with Crippen LogP contribution in [0.2, 0.25) is 0 Å². The molecule has 0 radical (unpaired) electrons. The van der Waals surface area contributed by atoms with Crippen molar-refractivity contribution in [3.05, 3.63) is 71.8 Å². The topological polar surface area (TPSA) is 77.0 Å². The molecule has 4 atom stereocenters. The number of carbonyl (C=O) groups is 1. The molecule has 1 amide bonds.